The minimum Gasteiger partial charge on any atom is -0.486 e. The Labute approximate surface area is 232 Å². The average molecular weight is 557 g/mol. The Morgan fingerprint density at radius 2 is 2.03 bits per heavy atom. The number of fused-ring (bicyclic) bond motifs is 3. The molecule has 3 N–H and O–H groups in total. The minimum atomic E-state index is -0.172. The molecule has 0 amide bonds. The number of rotatable bonds is 6. The maximum Gasteiger partial charge on any atom is 0.175 e. The van der Waals surface area contributed by atoms with E-state index in [1.807, 2.05) is 12.3 Å². The van der Waals surface area contributed by atoms with Crippen LogP contribution in [0.15, 0.2) is 28.4 Å². The SMILES string of the molecule is N[C@@H]1COCC12CCN(c1ncc(Sc3ccnc4c3OC[C@@H]3C[C@H](OC5CCOC5)CN43)nc1CO)CC2. The zero-order valence-corrected chi connectivity index (χ0v) is 22.9. The molecule has 1 unspecified atom stereocenters. The second-order valence-corrected chi connectivity index (χ2v) is 12.3. The van der Waals surface area contributed by atoms with Crippen LogP contribution >= 0.6 is 11.8 Å². The lowest BCUT2D eigenvalue weighted by Gasteiger charge is -2.41. The number of nitrogens with two attached hydrogens (primary N) is 1. The minimum absolute atomic E-state index is 0.0605. The van der Waals surface area contributed by atoms with E-state index >= 15 is 0 Å². The first-order valence-corrected chi connectivity index (χ1v) is 14.8. The third-order valence-electron chi connectivity index (χ3n) is 8.89. The molecular formula is C27H36N6O5S. The van der Waals surface area contributed by atoms with E-state index < -0.39 is 0 Å². The maximum absolute atomic E-state index is 10.2. The molecule has 2 aromatic rings. The van der Waals surface area contributed by atoms with Crippen LogP contribution in [-0.4, -0.2) is 97.0 Å². The molecule has 7 heterocycles. The maximum atomic E-state index is 10.2. The Bertz CT molecular complexity index is 1190. The molecule has 11 nitrogen and oxygen atoms in total. The van der Waals surface area contributed by atoms with Gasteiger partial charge in [-0.3, -0.25) is 0 Å². The molecule has 4 atom stereocenters. The number of anilines is 2. The summed E-state index contributed by atoms with van der Waals surface area (Å²) in [6.07, 6.45) is 7.75. The molecular weight excluding hydrogens is 520 g/mol. The summed E-state index contributed by atoms with van der Waals surface area (Å²) >= 11 is 1.49. The topological polar surface area (TPSA) is 128 Å². The average Bonchev–Trinajstić information content (AvgIpc) is 3.71. The van der Waals surface area contributed by atoms with Gasteiger partial charge in [0.1, 0.15) is 17.3 Å². The van der Waals surface area contributed by atoms with Gasteiger partial charge in [-0.2, -0.15) is 0 Å². The van der Waals surface area contributed by atoms with Gasteiger partial charge in [0.05, 0.1) is 55.8 Å². The van der Waals surface area contributed by atoms with Crippen LogP contribution < -0.4 is 20.3 Å². The van der Waals surface area contributed by atoms with E-state index in [4.69, 9.17) is 34.6 Å². The molecule has 39 heavy (non-hydrogen) atoms. The van der Waals surface area contributed by atoms with Crippen LogP contribution in [0.1, 0.15) is 31.4 Å². The molecule has 7 rings (SSSR count). The number of aliphatic hydroxyl groups excluding tert-OH is 1. The van der Waals surface area contributed by atoms with Crippen LogP contribution in [0.2, 0.25) is 0 Å². The quantitative estimate of drug-likeness (QED) is 0.536. The van der Waals surface area contributed by atoms with E-state index in [9.17, 15) is 5.11 Å². The molecule has 210 valence electrons. The Balaban J connectivity index is 1.05. The molecule has 5 aliphatic rings. The van der Waals surface area contributed by atoms with Gasteiger partial charge in [-0.25, -0.2) is 15.0 Å². The summed E-state index contributed by atoms with van der Waals surface area (Å²) in [4.78, 5) is 19.7. The number of aromatic nitrogens is 3. The van der Waals surface area contributed by atoms with Crippen LogP contribution in [0.25, 0.3) is 0 Å². The molecule has 4 saturated heterocycles. The predicted molar refractivity (Wildman–Crippen MR) is 144 cm³/mol. The van der Waals surface area contributed by atoms with Gasteiger partial charge in [0.15, 0.2) is 17.4 Å². The summed E-state index contributed by atoms with van der Waals surface area (Å²) in [6, 6.07) is 2.30. The molecule has 12 heteroatoms. The molecule has 4 fully saturated rings. The first kappa shape index (κ1) is 25.7. The molecule has 1 spiro atoms. The van der Waals surface area contributed by atoms with Crippen molar-refractivity contribution in [1.82, 2.24) is 15.0 Å². The lowest BCUT2D eigenvalue weighted by atomic mass is 9.75. The van der Waals surface area contributed by atoms with Crippen molar-refractivity contribution in [2.45, 2.75) is 66.5 Å². The number of ether oxygens (including phenoxy) is 4. The van der Waals surface area contributed by atoms with Crippen molar-refractivity contribution in [3.05, 3.63) is 24.2 Å². The van der Waals surface area contributed by atoms with E-state index in [2.05, 4.69) is 14.8 Å². The highest BCUT2D eigenvalue weighted by atomic mass is 32.2. The highest BCUT2D eigenvalue weighted by Gasteiger charge is 2.45. The van der Waals surface area contributed by atoms with Crippen molar-refractivity contribution in [3.63, 3.8) is 0 Å². The first-order valence-electron chi connectivity index (χ1n) is 14.0. The summed E-state index contributed by atoms with van der Waals surface area (Å²) in [5.74, 6) is 2.38. The lowest BCUT2D eigenvalue weighted by Crippen LogP contribution is -2.49. The normalized spacial score (nSPS) is 29.5. The number of hydrogen-bond acceptors (Lipinski definition) is 12. The second-order valence-electron chi connectivity index (χ2n) is 11.3. The van der Waals surface area contributed by atoms with Crippen molar-refractivity contribution in [2.24, 2.45) is 11.1 Å². The molecule has 0 aliphatic carbocycles. The Morgan fingerprint density at radius 1 is 1.13 bits per heavy atom. The number of nitrogens with zero attached hydrogens (tertiary/aromatic N) is 5. The summed E-state index contributed by atoms with van der Waals surface area (Å²) in [5.41, 5.74) is 7.00. The highest BCUT2D eigenvalue weighted by Crippen LogP contribution is 2.45. The zero-order chi connectivity index (χ0) is 26.4. The van der Waals surface area contributed by atoms with Gasteiger partial charge in [-0.05, 0) is 31.7 Å². The van der Waals surface area contributed by atoms with Crippen LogP contribution in [0.5, 0.6) is 5.75 Å². The summed E-state index contributed by atoms with van der Waals surface area (Å²) in [6.45, 7) is 5.72. The van der Waals surface area contributed by atoms with Crippen molar-refractivity contribution in [3.8, 4) is 5.75 Å². The van der Waals surface area contributed by atoms with Gasteiger partial charge in [0.25, 0.3) is 0 Å². The van der Waals surface area contributed by atoms with Crippen LogP contribution in [0, 0.1) is 5.41 Å². The molecule has 5 aliphatic heterocycles. The molecule has 2 aromatic heterocycles. The largest absolute Gasteiger partial charge is 0.486 e. The van der Waals surface area contributed by atoms with Crippen molar-refractivity contribution in [2.75, 3.05) is 62.5 Å². The number of aliphatic hydroxyl groups is 1. The predicted octanol–water partition coefficient (Wildman–Crippen LogP) is 1.60. The summed E-state index contributed by atoms with van der Waals surface area (Å²) in [5, 5.41) is 10.9. The molecule has 0 radical (unpaired) electrons. The first-order chi connectivity index (χ1) is 19.1. The summed E-state index contributed by atoms with van der Waals surface area (Å²) in [7, 11) is 0. The lowest BCUT2D eigenvalue weighted by molar-refractivity contribution is -0.00632. The van der Waals surface area contributed by atoms with E-state index in [1.165, 1.54) is 11.8 Å². The third kappa shape index (κ3) is 4.85. The van der Waals surface area contributed by atoms with Crippen molar-refractivity contribution in [1.29, 1.82) is 0 Å². The molecule has 0 aromatic carbocycles. The van der Waals surface area contributed by atoms with Crippen LogP contribution in [-0.2, 0) is 20.8 Å². The van der Waals surface area contributed by atoms with E-state index in [0.717, 1.165) is 80.8 Å². The molecule has 0 saturated carbocycles. The number of pyridine rings is 1. The van der Waals surface area contributed by atoms with E-state index in [-0.39, 0.29) is 36.3 Å². The van der Waals surface area contributed by atoms with Crippen molar-refractivity contribution < 1.29 is 24.1 Å². The van der Waals surface area contributed by atoms with Crippen LogP contribution in [0.3, 0.4) is 0 Å². The Kier molecular flexibility index (Phi) is 7.02. The zero-order valence-electron chi connectivity index (χ0n) is 22.0. The third-order valence-corrected chi connectivity index (χ3v) is 9.83. The van der Waals surface area contributed by atoms with Gasteiger partial charge < -0.3 is 39.6 Å². The van der Waals surface area contributed by atoms with Gasteiger partial charge in [-0.15, -0.1) is 0 Å². The van der Waals surface area contributed by atoms with Gasteiger partial charge in [0, 0.05) is 43.9 Å². The fraction of sp³-hybridized carbons (Fsp3) is 0.667. The standard InChI is InChI=1S/C27H36N6O5S/c28-22-15-36-16-27(22)3-6-32(7-4-27)25-20(12-34)31-23(10-30-25)39-21-1-5-29-26-24(21)37-13-17-9-19(11-33(17)26)38-18-2-8-35-14-18/h1,5,10,17-19,22,34H,2-4,6-9,11-16,28H2/t17-,18?,19-,22+/m0/s1. The number of hydrogen-bond donors (Lipinski definition) is 2. The summed E-state index contributed by atoms with van der Waals surface area (Å²) < 4.78 is 23.7. The number of piperidine rings is 1. The van der Waals surface area contributed by atoms with E-state index in [1.54, 1.807) is 6.20 Å². The van der Waals surface area contributed by atoms with E-state index in [0.29, 0.717) is 30.5 Å². The van der Waals surface area contributed by atoms with Crippen molar-refractivity contribution >= 4 is 23.4 Å². The Hall–Kier alpha value is -2.22. The smallest absolute Gasteiger partial charge is 0.175 e. The van der Waals surface area contributed by atoms with Gasteiger partial charge in [-0.1, -0.05) is 11.8 Å². The Morgan fingerprint density at radius 3 is 2.79 bits per heavy atom. The fourth-order valence-corrected chi connectivity index (χ4v) is 7.45. The fourth-order valence-electron chi connectivity index (χ4n) is 6.59. The second kappa shape index (κ2) is 10.6. The highest BCUT2D eigenvalue weighted by molar-refractivity contribution is 7.99. The molecule has 0 bridgehead atoms. The monoisotopic (exact) mass is 556 g/mol. The van der Waals surface area contributed by atoms with Crippen LogP contribution in [0.4, 0.5) is 11.6 Å². The van der Waals surface area contributed by atoms with Gasteiger partial charge in [0.2, 0.25) is 0 Å². The van der Waals surface area contributed by atoms with Gasteiger partial charge >= 0.3 is 0 Å².